The SMILES string of the molecule is COc1ccc(OC)c(NC(N)=NCC(c2ccco2)N(C)C)c1. The van der Waals surface area contributed by atoms with E-state index >= 15 is 0 Å². The van der Waals surface area contributed by atoms with Gasteiger partial charge in [-0.3, -0.25) is 9.89 Å². The second kappa shape index (κ2) is 8.26. The molecule has 2 aromatic rings. The Bertz CT molecular complexity index is 668. The molecule has 3 N–H and O–H groups in total. The molecule has 2 rings (SSSR count). The van der Waals surface area contributed by atoms with Crippen molar-refractivity contribution in [2.24, 2.45) is 10.7 Å². The minimum absolute atomic E-state index is 0.00700. The van der Waals surface area contributed by atoms with Gasteiger partial charge in [0.25, 0.3) is 0 Å². The first-order valence-electron chi connectivity index (χ1n) is 7.54. The number of hydrogen-bond donors (Lipinski definition) is 2. The Hall–Kier alpha value is -2.67. The number of ether oxygens (including phenoxy) is 2. The van der Waals surface area contributed by atoms with Gasteiger partial charge in [-0.05, 0) is 38.4 Å². The van der Waals surface area contributed by atoms with E-state index in [0.717, 1.165) is 5.76 Å². The number of furan rings is 1. The van der Waals surface area contributed by atoms with Gasteiger partial charge in [0.05, 0.1) is 38.8 Å². The molecule has 1 heterocycles. The summed E-state index contributed by atoms with van der Waals surface area (Å²) in [5, 5.41) is 3.05. The van der Waals surface area contributed by atoms with Crippen LogP contribution in [-0.2, 0) is 0 Å². The van der Waals surface area contributed by atoms with Gasteiger partial charge in [-0.15, -0.1) is 0 Å². The van der Waals surface area contributed by atoms with Gasteiger partial charge in [0.15, 0.2) is 5.96 Å². The van der Waals surface area contributed by atoms with E-state index in [1.54, 1.807) is 32.6 Å². The molecule has 1 aromatic carbocycles. The third-order valence-corrected chi connectivity index (χ3v) is 3.60. The minimum Gasteiger partial charge on any atom is -0.497 e. The molecule has 0 saturated carbocycles. The topological polar surface area (TPSA) is 85.2 Å². The van der Waals surface area contributed by atoms with E-state index in [-0.39, 0.29) is 6.04 Å². The van der Waals surface area contributed by atoms with Crippen molar-refractivity contribution in [3.63, 3.8) is 0 Å². The highest BCUT2D eigenvalue weighted by atomic mass is 16.5. The summed E-state index contributed by atoms with van der Waals surface area (Å²) < 4.78 is 16.0. The van der Waals surface area contributed by atoms with Crippen LogP contribution in [0.2, 0.25) is 0 Å². The number of benzene rings is 1. The summed E-state index contributed by atoms with van der Waals surface area (Å²) in [5.74, 6) is 2.49. The number of methoxy groups -OCH3 is 2. The fraction of sp³-hybridized carbons (Fsp3) is 0.353. The molecule has 24 heavy (non-hydrogen) atoms. The van der Waals surface area contributed by atoms with Crippen LogP contribution in [0.1, 0.15) is 11.8 Å². The summed E-state index contributed by atoms with van der Waals surface area (Å²) in [6.45, 7) is 0.464. The van der Waals surface area contributed by atoms with E-state index in [4.69, 9.17) is 19.6 Å². The largest absolute Gasteiger partial charge is 0.497 e. The minimum atomic E-state index is 0.00700. The highest BCUT2D eigenvalue weighted by Crippen LogP contribution is 2.28. The van der Waals surface area contributed by atoms with Crippen molar-refractivity contribution >= 4 is 11.6 Å². The number of anilines is 1. The van der Waals surface area contributed by atoms with E-state index in [1.165, 1.54) is 0 Å². The normalized spacial score (nSPS) is 13.0. The summed E-state index contributed by atoms with van der Waals surface area (Å²) in [7, 11) is 7.14. The van der Waals surface area contributed by atoms with E-state index in [0.29, 0.717) is 29.7 Å². The molecule has 0 saturated heterocycles. The summed E-state index contributed by atoms with van der Waals surface area (Å²) in [4.78, 5) is 6.44. The van der Waals surface area contributed by atoms with Crippen LogP contribution >= 0.6 is 0 Å². The predicted molar refractivity (Wildman–Crippen MR) is 94.8 cm³/mol. The van der Waals surface area contributed by atoms with Crippen LogP contribution in [0.4, 0.5) is 5.69 Å². The highest BCUT2D eigenvalue weighted by Gasteiger charge is 2.16. The van der Waals surface area contributed by atoms with Gasteiger partial charge in [-0.1, -0.05) is 0 Å². The second-order valence-corrected chi connectivity index (χ2v) is 5.41. The molecular weight excluding hydrogens is 308 g/mol. The lowest BCUT2D eigenvalue weighted by molar-refractivity contribution is 0.265. The third-order valence-electron chi connectivity index (χ3n) is 3.60. The van der Waals surface area contributed by atoms with Crippen LogP contribution in [0.15, 0.2) is 46.0 Å². The molecule has 7 heteroatoms. The molecule has 1 unspecified atom stereocenters. The molecule has 0 aliphatic rings. The second-order valence-electron chi connectivity index (χ2n) is 5.41. The molecule has 0 aliphatic carbocycles. The van der Waals surface area contributed by atoms with Gasteiger partial charge < -0.3 is 24.9 Å². The predicted octanol–water partition coefficient (Wildman–Crippen LogP) is 2.33. The molecule has 0 spiro atoms. The van der Waals surface area contributed by atoms with Gasteiger partial charge in [0.1, 0.15) is 17.3 Å². The average Bonchev–Trinajstić information content (AvgIpc) is 3.08. The van der Waals surface area contributed by atoms with Crippen molar-refractivity contribution < 1.29 is 13.9 Å². The summed E-state index contributed by atoms with van der Waals surface area (Å²) in [6.07, 6.45) is 1.65. The monoisotopic (exact) mass is 332 g/mol. The molecule has 1 aromatic heterocycles. The van der Waals surface area contributed by atoms with Gasteiger partial charge in [-0.25, -0.2) is 0 Å². The first-order chi connectivity index (χ1) is 11.5. The molecule has 0 aliphatic heterocycles. The number of aliphatic imine (C=N–C) groups is 1. The maximum atomic E-state index is 6.02. The van der Waals surface area contributed by atoms with Crippen molar-refractivity contribution in [1.29, 1.82) is 0 Å². The number of guanidine groups is 1. The molecule has 0 bridgehead atoms. The Labute approximate surface area is 142 Å². The van der Waals surface area contributed by atoms with E-state index in [9.17, 15) is 0 Å². The Kier molecular flexibility index (Phi) is 6.08. The van der Waals surface area contributed by atoms with Crippen molar-refractivity contribution in [3.8, 4) is 11.5 Å². The van der Waals surface area contributed by atoms with Crippen molar-refractivity contribution in [3.05, 3.63) is 42.4 Å². The van der Waals surface area contributed by atoms with Crippen LogP contribution in [0, 0.1) is 0 Å². The smallest absolute Gasteiger partial charge is 0.193 e. The number of hydrogen-bond acceptors (Lipinski definition) is 5. The Balaban J connectivity index is 2.11. The van der Waals surface area contributed by atoms with E-state index in [1.807, 2.05) is 37.2 Å². The van der Waals surface area contributed by atoms with E-state index < -0.39 is 0 Å². The summed E-state index contributed by atoms with van der Waals surface area (Å²) >= 11 is 0. The van der Waals surface area contributed by atoms with Crippen LogP contribution in [0.5, 0.6) is 11.5 Å². The number of rotatable bonds is 7. The number of nitrogens with two attached hydrogens (primary N) is 1. The molecule has 1 atom stereocenters. The molecule has 0 fully saturated rings. The Morgan fingerprint density at radius 3 is 2.67 bits per heavy atom. The van der Waals surface area contributed by atoms with Crippen LogP contribution < -0.4 is 20.5 Å². The summed E-state index contributed by atoms with van der Waals surface area (Å²) in [6, 6.07) is 9.22. The van der Waals surface area contributed by atoms with Crippen LogP contribution in [0.25, 0.3) is 0 Å². The first kappa shape index (κ1) is 17.7. The zero-order valence-electron chi connectivity index (χ0n) is 14.4. The van der Waals surface area contributed by atoms with Gasteiger partial charge in [0, 0.05) is 6.07 Å². The standard InChI is InChI=1S/C17H24N4O3/c1-21(2)14(16-6-5-9-24-16)11-19-17(18)20-13-10-12(22-3)7-8-15(13)23-4/h5-10,14H,11H2,1-4H3,(H3,18,19,20). The molecule has 7 nitrogen and oxygen atoms in total. The fourth-order valence-electron chi connectivity index (χ4n) is 2.26. The Morgan fingerprint density at radius 2 is 2.08 bits per heavy atom. The lowest BCUT2D eigenvalue weighted by Gasteiger charge is -2.20. The number of likely N-dealkylation sites (N-methyl/N-ethyl adjacent to an activating group) is 1. The van der Waals surface area contributed by atoms with Crippen LogP contribution in [-0.4, -0.2) is 45.7 Å². The van der Waals surface area contributed by atoms with Gasteiger partial charge in [-0.2, -0.15) is 0 Å². The molecular formula is C17H24N4O3. The zero-order chi connectivity index (χ0) is 17.5. The lowest BCUT2D eigenvalue weighted by atomic mass is 10.2. The maximum Gasteiger partial charge on any atom is 0.193 e. The van der Waals surface area contributed by atoms with Gasteiger partial charge in [0.2, 0.25) is 0 Å². The zero-order valence-corrected chi connectivity index (χ0v) is 14.4. The molecule has 0 amide bonds. The van der Waals surface area contributed by atoms with Crippen LogP contribution in [0.3, 0.4) is 0 Å². The molecule has 0 radical (unpaired) electrons. The third kappa shape index (κ3) is 4.42. The van der Waals surface area contributed by atoms with Crippen molar-refractivity contribution in [2.75, 3.05) is 40.2 Å². The summed E-state index contributed by atoms with van der Waals surface area (Å²) in [5.41, 5.74) is 6.71. The number of nitrogens with one attached hydrogen (secondary N) is 1. The fourth-order valence-corrected chi connectivity index (χ4v) is 2.26. The quantitative estimate of drug-likeness (QED) is 0.598. The van der Waals surface area contributed by atoms with Gasteiger partial charge >= 0.3 is 0 Å². The first-order valence-corrected chi connectivity index (χ1v) is 7.54. The highest BCUT2D eigenvalue weighted by molar-refractivity contribution is 5.94. The van der Waals surface area contributed by atoms with Crippen molar-refractivity contribution in [2.45, 2.75) is 6.04 Å². The van der Waals surface area contributed by atoms with Crippen molar-refractivity contribution in [1.82, 2.24) is 4.90 Å². The Morgan fingerprint density at radius 1 is 1.29 bits per heavy atom. The number of nitrogens with zero attached hydrogens (tertiary/aromatic N) is 2. The maximum absolute atomic E-state index is 6.02. The van der Waals surface area contributed by atoms with E-state index in [2.05, 4.69) is 10.3 Å². The average molecular weight is 332 g/mol. The lowest BCUT2D eigenvalue weighted by Crippen LogP contribution is -2.27. The molecule has 130 valence electrons.